The summed E-state index contributed by atoms with van der Waals surface area (Å²) in [6.45, 7) is 13.3. The van der Waals surface area contributed by atoms with Crippen LogP contribution in [-0.4, -0.2) is 146 Å². The van der Waals surface area contributed by atoms with E-state index in [1.54, 1.807) is 51.1 Å². The number of primary amides is 1. The molecule has 24 heteroatoms. The van der Waals surface area contributed by atoms with Gasteiger partial charge in [0, 0.05) is 44.6 Å². The van der Waals surface area contributed by atoms with E-state index in [1.807, 2.05) is 19.9 Å². The second-order valence-electron chi connectivity index (χ2n) is 20.5. The van der Waals surface area contributed by atoms with Crippen molar-refractivity contribution in [1.82, 2.24) is 37.2 Å². The molecule has 13 N–H and O–H groups in total. The lowest BCUT2D eigenvalue weighted by atomic mass is 9.87. The number of rotatable bonds is 29. The Morgan fingerprint density at radius 2 is 1.63 bits per heavy atom. The number of unbranched alkanes of at least 4 members (excludes halogenated alkanes) is 2. The Labute approximate surface area is 457 Å². The number of benzene rings is 1. The Morgan fingerprint density at radius 1 is 0.897 bits per heavy atom. The molecular weight excluding hydrogens is 1010 g/mol. The number of ether oxygens (including phenoxy) is 5. The SMILES string of the molecule is CC(=O)O[C@@H](C)/C=C\C(=O)N[C@@H]1C[C@H](C)[C@H](C/C=C(C)/C=C/[C@H]2O[C@H](CNC(=O)NCNC(=O)OCc3ccc(NC(=O)[C@H](CCCNC(N)=O)NC(=O)[C@@H](NC(=O)CCCCCN)C(C)C)cc3)C[C@@]3(CO3)[C@@H]2O)O[C@@H]1C. The second-order valence-corrected chi connectivity index (χ2v) is 20.5. The number of amides is 9. The van der Waals surface area contributed by atoms with Crippen LogP contribution in [0.15, 0.2) is 60.2 Å². The van der Waals surface area contributed by atoms with Gasteiger partial charge in [0.05, 0.1) is 37.6 Å². The molecule has 3 heterocycles. The van der Waals surface area contributed by atoms with Gasteiger partial charge in [-0.05, 0) is 101 Å². The minimum absolute atomic E-state index is 0.0784. The smallest absolute Gasteiger partial charge is 0.408 e. The number of hydrogen-bond acceptors (Lipinski definition) is 15. The fourth-order valence-corrected chi connectivity index (χ4v) is 8.90. The third-order valence-electron chi connectivity index (χ3n) is 13.5. The topological polar surface area (TPSA) is 355 Å². The monoisotopic (exact) mass is 1100 g/mol. The normalized spacial score (nSPS) is 24.1. The van der Waals surface area contributed by atoms with Crippen molar-refractivity contribution < 1.29 is 67.1 Å². The molecule has 4 rings (SSSR count). The van der Waals surface area contributed by atoms with Gasteiger partial charge in [0.1, 0.15) is 42.6 Å². The summed E-state index contributed by atoms with van der Waals surface area (Å²) in [5.41, 5.74) is 11.8. The predicted octanol–water partition coefficient (Wildman–Crippen LogP) is 2.69. The highest BCUT2D eigenvalue weighted by Crippen LogP contribution is 2.42. The highest BCUT2D eigenvalue weighted by Gasteiger charge is 2.58. The van der Waals surface area contributed by atoms with Crippen LogP contribution >= 0.6 is 0 Å². The van der Waals surface area contributed by atoms with Crippen molar-refractivity contribution in [3.63, 3.8) is 0 Å². The largest absolute Gasteiger partial charge is 0.459 e. The number of nitrogens with one attached hydrogen (secondary N) is 8. The van der Waals surface area contributed by atoms with Crippen molar-refractivity contribution in [2.24, 2.45) is 23.3 Å². The van der Waals surface area contributed by atoms with Crippen LogP contribution in [0, 0.1) is 11.8 Å². The number of esters is 1. The molecule has 434 valence electrons. The number of carbonyl (C=O) groups excluding carboxylic acids is 8. The molecule has 11 atom stereocenters. The van der Waals surface area contributed by atoms with E-state index < -0.39 is 78.0 Å². The van der Waals surface area contributed by atoms with Gasteiger partial charge in [-0.25, -0.2) is 14.4 Å². The summed E-state index contributed by atoms with van der Waals surface area (Å²) in [5.74, 6) is -2.19. The Kier molecular flexibility index (Phi) is 26.5. The van der Waals surface area contributed by atoms with Gasteiger partial charge in [-0.15, -0.1) is 0 Å². The molecule has 0 unspecified atom stereocenters. The molecule has 3 fully saturated rings. The molecule has 0 saturated carbocycles. The zero-order valence-electron chi connectivity index (χ0n) is 46.1. The lowest BCUT2D eigenvalue weighted by Crippen LogP contribution is -2.54. The highest BCUT2D eigenvalue weighted by atomic mass is 16.6. The molecule has 24 nitrogen and oxygen atoms in total. The molecule has 1 aromatic carbocycles. The van der Waals surface area contributed by atoms with Crippen LogP contribution in [0.25, 0.3) is 0 Å². The highest BCUT2D eigenvalue weighted by molar-refractivity contribution is 5.98. The molecule has 1 aromatic rings. The fourth-order valence-electron chi connectivity index (χ4n) is 8.90. The molecule has 0 bridgehead atoms. The summed E-state index contributed by atoms with van der Waals surface area (Å²) in [6.07, 6.45) is 9.47. The minimum Gasteiger partial charge on any atom is -0.459 e. The number of aliphatic hydroxyl groups excluding tert-OH is 1. The zero-order valence-corrected chi connectivity index (χ0v) is 46.1. The van der Waals surface area contributed by atoms with Crippen LogP contribution in [0.2, 0.25) is 0 Å². The fraction of sp³-hybridized carbons (Fsp3) is 0.630. The van der Waals surface area contributed by atoms with Gasteiger partial charge < -0.3 is 82.8 Å². The number of epoxide rings is 1. The van der Waals surface area contributed by atoms with E-state index in [9.17, 15) is 43.5 Å². The lowest BCUT2D eigenvalue weighted by Gasteiger charge is -2.39. The zero-order chi connectivity index (χ0) is 57.4. The van der Waals surface area contributed by atoms with E-state index in [1.165, 1.54) is 19.1 Å². The molecule has 3 aliphatic heterocycles. The number of urea groups is 2. The van der Waals surface area contributed by atoms with Crippen LogP contribution < -0.4 is 54.0 Å². The van der Waals surface area contributed by atoms with Gasteiger partial charge >= 0.3 is 24.1 Å². The van der Waals surface area contributed by atoms with E-state index in [2.05, 4.69) is 55.5 Å². The van der Waals surface area contributed by atoms with Crippen LogP contribution in [0.3, 0.4) is 0 Å². The van der Waals surface area contributed by atoms with Gasteiger partial charge in [0.25, 0.3) is 0 Å². The number of allylic oxidation sites excluding steroid dienone is 2. The van der Waals surface area contributed by atoms with E-state index >= 15 is 0 Å². The predicted molar refractivity (Wildman–Crippen MR) is 289 cm³/mol. The Morgan fingerprint density at radius 3 is 2.29 bits per heavy atom. The Bertz CT molecular complexity index is 2260. The van der Waals surface area contributed by atoms with Gasteiger partial charge in [0.2, 0.25) is 23.6 Å². The van der Waals surface area contributed by atoms with E-state index in [0.29, 0.717) is 50.1 Å². The first-order valence-corrected chi connectivity index (χ1v) is 26.9. The maximum Gasteiger partial charge on any atom is 0.408 e. The first kappa shape index (κ1) is 63.9. The molecule has 9 amide bonds. The molecule has 0 radical (unpaired) electrons. The summed E-state index contributed by atoms with van der Waals surface area (Å²) in [5, 5.41) is 32.6. The summed E-state index contributed by atoms with van der Waals surface area (Å²) >= 11 is 0. The average molecular weight is 1100 g/mol. The molecule has 3 saturated heterocycles. The van der Waals surface area contributed by atoms with Crippen molar-refractivity contribution in [2.75, 3.05) is 38.2 Å². The lowest BCUT2D eigenvalue weighted by molar-refractivity contribution is -0.143. The van der Waals surface area contributed by atoms with Gasteiger partial charge in [-0.3, -0.25) is 24.0 Å². The standard InChI is InChI=1S/C54H84N10O14/c1-32(2)47(64-45(66)13-9-8-10-24-55)50(70)63-41(12-11-25-57-51(56)71)49(69)61-39-19-17-38(18-20-39)29-74-53(73)60-31-59-52(72)58-28-40-27-54(30-75-54)48(68)44(78-40)22-15-33(3)14-21-43-34(4)26-42(36(6)77-43)62-46(67)23-16-35(5)76-37(7)65/h14-20,22-23,32,34-36,40-44,47-48,68H,8-13,21,24-31,55H2,1-7H3,(H,60,73)(H,61,69)(H,62,67)(H,63,70)(H,64,66)(H3,56,57,71)(H2,58,59,72)/b22-15+,23-16-,33-14+/t34-,35-,36+,40-,41-,42+,43-,44+,47-,48+,54+/m0/s1. The summed E-state index contributed by atoms with van der Waals surface area (Å²) in [7, 11) is 0. The van der Waals surface area contributed by atoms with E-state index in [4.69, 9.17) is 35.2 Å². The van der Waals surface area contributed by atoms with Gasteiger partial charge in [-0.2, -0.15) is 0 Å². The number of alkyl carbamates (subject to hydrolysis) is 1. The van der Waals surface area contributed by atoms with E-state index in [-0.39, 0.29) is 81.1 Å². The number of anilines is 1. The first-order valence-electron chi connectivity index (χ1n) is 26.9. The maximum atomic E-state index is 13.5. The summed E-state index contributed by atoms with van der Waals surface area (Å²) in [4.78, 5) is 99.6. The summed E-state index contributed by atoms with van der Waals surface area (Å²) in [6, 6.07) is 3.04. The molecule has 3 aliphatic rings. The number of nitrogens with two attached hydrogens (primary N) is 2. The third kappa shape index (κ3) is 22.8. The minimum atomic E-state index is -1.03. The quantitative estimate of drug-likeness (QED) is 0.0137. The van der Waals surface area contributed by atoms with Crippen LogP contribution in [0.1, 0.15) is 112 Å². The van der Waals surface area contributed by atoms with Crippen LogP contribution in [0.5, 0.6) is 0 Å². The third-order valence-corrected chi connectivity index (χ3v) is 13.5. The van der Waals surface area contributed by atoms with Crippen LogP contribution in [0.4, 0.5) is 20.1 Å². The maximum absolute atomic E-state index is 13.5. The molecule has 0 aromatic heterocycles. The molecule has 1 spiro atoms. The average Bonchev–Trinajstić information content (AvgIpc) is 4.24. The van der Waals surface area contributed by atoms with Crippen molar-refractivity contribution >= 4 is 53.4 Å². The summed E-state index contributed by atoms with van der Waals surface area (Å²) < 4.78 is 28.5. The molecular formula is C54H84N10O14. The van der Waals surface area contributed by atoms with Gasteiger partial charge in [-0.1, -0.05) is 63.1 Å². The van der Waals surface area contributed by atoms with Crippen molar-refractivity contribution in [2.45, 2.75) is 173 Å². The number of aliphatic hydroxyl groups is 1. The number of carbonyl (C=O) groups is 8. The Balaban J connectivity index is 1.17. The van der Waals surface area contributed by atoms with Gasteiger partial charge in [0.15, 0.2) is 0 Å². The number of hydrogen-bond donors (Lipinski definition) is 11. The Hall–Kier alpha value is -6.60. The molecule has 78 heavy (non-hydrogen) atoms. The van der Waals surface area contributed by atoms with E-state index in [0.717, 1.165) is 24.8 Å². The molecule has 0 aliphatic carbocycles. The van der Waals surface area contributed by atoms with Crippen molar-refractivity contribution in [1.29, 1.82) is 0 Å². The van der Waals surface area contributed by atoms with Crippen molar-refractivity contribution in [3.8, 4) is 0 Å². The van der Waals surface area contributed by atoms with Crippen molar-refractivity contribution in [3.05, 3.63) is 65.8 Å². The second kappa shape index (κ2) is 32.3. The van der Waals surface area contributed by atoms with Crippen LogP contribution in [-0.2, 0) is 54.3 Å². The first-order chi connectivity index (χ1) is 37.1.